The van der Waals surface area contributed by atoms with E-state index in [1.165, 1.54) is 0 Å². The molecule has 0 fully saturated rings. The lowest BCUT2D eigenvalue weighted by atomic mass is 10.2. The number of rotatable bonds is 5. The maximum Gasteiger partial charge on any atom is 0.224 e. The minimum atomic E-state index is 0.00371. The first-order valence-corrected chi connectivity index (χ1v) is 6.06. The minimum absolute atomic E-state index is 0.00371. The van der Waals surface area contributed by atoms with Crippen LogP contribution >= 0.6 is 0 Å². The summed E-state index contributed by atoms with van der Waals surface area (Å²) in [7, 11) is 0. The van der Waals surface area contributed by atoms with E-state index in [1.54, 1.807) is 6.07 Å². The van der Waals surface area contributed by atoms with Gasteiger partial charge in [-0.15, -0.1) is 0 Å². The molecule has 0 saturated carbocycles. The lowest BCUT2D eigenvalue weighted by Gasteiger charge is -2.24. The molecule has 1 amide bonds. The van der Waals surface area contributed by atoms with Gasteiger partial charge in [0.1, 0.15) is 0 Å². The molecule has 4 nitrogen and oxygen atoms in total. The Labute approximate surface area is 103 Å². The largest absolute Gasteiger partial charge is 0.399 e. The molecule has 0 atom stereocenters. The van der Waals surface area contributed by atoms with E-state index in [2.05, 4.69) is 24.1 Å². The Kier molecular flexibility index (Phi) is 4.82. The normalized spacial score (nSPS) is 10.1. The number of nitrogens with zero attached hydrogens (tertiary/aromatic N) is 1. The van der Waals surface area contributed by atoms with Crippen molar-refractivity contribution in [2.24, 2.45) is 0 Å². The first-order valence-electron chi connectivity index (χ1n) is 6.06. The molecule has 0 aliphatic rings. The quantitative estimate of drug-likeness (QED) is 0.771. The predicted octanol–water partition coefficient (Wildman–Crippen LogP) is 2.46. The van der Waals surface area contributed by atoms with E-state index in [4.69, 9.17) is 5.73 Å². The van der Waals surface area contributed by atoms with Gasteiger partial charge in [-0.05, 0) is 32.0 Å². The third-order valence-electron chi connectivity index (χ3n) is 2.72. The summed E-state index contributed by atoms with van der Waals surface area (Å²) < 4.78 is 0. The van der Waals surface area contributed by atoms with Crippen molar-refractivity contribution in [3.63, 3.8) is 0 Å². The summed E-state index contributed by atoms with van der Waals surface area (Å²) >= 11 is 0. The number of nitrogens with one attached hydrogen (secondary N) is 1. The molecule has 3 N–H and O–H groups in total. The van der Waals surface area contributed by atoms with E-state index in [0.29, 0.717) is 12.1 Å². The molecule has 0 aliphatic carbocycles. The van der Waals surface area contributed by atoms with Gasteiger partial charge in [0, 0.05) is 25.2 Å². The average molecular weight is 235 g/mol. The van der Waals surface area contributed by atoms with E-state index in [-0.39, 0.29) is 5.91 Å². The summed E-state index contributed by atoms with van der Waals surface area (Å²) in [6, 6.07) is 5.62. The number of hydrogen-bond acceptors (Lipinski definition) is 3. The molecule has 0 saturated heterocycles. The molecular formula is C13H21N3O. The Hall–Kier alpha value is -1.71. The zero-order chi connectivity index (χ0) is 12.8. The summed E-state index contributed by atoms with van der Waals surface area (Å²) in [4.78, 5) is 13.7. The van der Waals surface area contributed by atoms with Crippen LogP contribution in [0.25, 0.3) is 0 Å². The number of benzene rings is 1. The lowest BCUT2D eigenvalue weighted by molar-refractivity contribution is -0.115. The second kappa shape index (κ2) is 6.13. The lowest BCUT2D eigenvalue weighted by Crippen LogP contribution is -2.24. The van der Waals surface area contributed by atoms with Gasteiger partial charge in [0.05, 0.1) is 11.4 Å². The van der Waals surface area contributed by atoms with Crippen LogP contribution in [0.4, 0.5) is 17.1 Å². The summed E-state index contributed by atoms with van der Waals surface area (Å²) in [6.07, 6.45) is 0.465. The number of hydrogen-bond donors (Lipinski definition) is 2. The summed E-state index contributed by atoms with van der Waals surface area (Å²) in [6.45, 7) is 7.81. The van der Waals surface area contributed by atoms with Gasteiger partial charge < -0.3 is 16.0 Å². The highest BCUT2D eigenvalue weighted by atomic mass is 16.1. The highest BCUT2D eigenvalue weighted by Crippen LogP contribution is 2.28. The Morgan fingerprint density at radius 3 is 2.47 bits per heavy atom. The molecule has 1 aromatic rings. The summed E-state index contributed by atoms with van der Waals surface area (Å²) in [5.41, 5.74) is 8.23. The van der Waals surface area contributed by atoms with Crippen molar-refractivity contribution in [3.05, 3.63) is 18.2 Å². The molecule has 4 heteroatoms. The molecule has 17 heavy (non-hydrogen) atoms. The SMILES string of the molecule is CCC(=O)Nc1cc(N)ccc1N(CC)CC. The third kappa shape index (κ3) is 3.37. The number of nitrogen functional groups attached to an aromatic ring is 1. The van der Waals surface area contributed by atoms with Crippen molar-refractivity contribution in [1.82, 2.24) is 0 Å². The molecule has 0 unspecified atom stereocenters. The van der Waals surface area contributed by atoms with Gasteiger partial charge in [-0.2, -0.15) is 0 Å². The Morgan fingerprint density at radius 2 is 1.94 bits per heavy atom. The van der Waals surface area contributed by atoms with Crippen molar-refractivity contribution in [1.29, 1.82) is 0 Å². The number of anilines is 3. The van der Waals surface area contributed by atoms with Crippen molar-refractivity contribution in [3.8, 4) is 0 Å². The zero-order valence-electron chi connectivity index (χ0n) is 10.8. The van der Waals surface area contributed by atoms with Gasteiger partial charge >= 0.3 is 0 Å². The molecule has 0 radical (unpaired) electrons. The Bertz CT molecular complexity index is 386. The van der Waals surface area contributed by atoms with Gasteiger partial charge in [-0.1, -0.05) is 6.92 Å². The summed E-state index contributed by atoms with van der Waals surface area (Å²) in [5, 5.41) is 2.89. The van der Waals surface area contributed by atoms with Crippen molar-refractivity contribution < 1.29 is 4.79 Å². The number of carbonyl (C=O) groups is 1. The molecule has 0 bridgehead atoms. The van der Waals surface area contributed by atoms with Gasteiger partial charge in [0.2, 0.25) is 5.91 Å². The highest BCUT2D eigenvalue weighted by molar-refractivity contribution is 5.95. The van der Waals surface area contributed by atoms with Crippen molar-refractivity contribution in [2.45, 2.75) is 27.2 Å². The van der Waals surface area contributed by atoms with Gasteiger partial charge in [-0.3, -0.25) is 4.79 Å². The third-order valence-corrected chi connectivity index (χ3v) is 2.72. The molecule has 0 heterocycles. The predicted molar refractivity (Wildman–Crippen MR) is 73.3 cm³/mol. The number of amides is 1. The van der Waals surface area contributed by atoms with E-state index < -0.39 is 0 Å². The fourth-order valence-corrected chi connectivity index (χ4v) is 1.73. The average Bonchev–Trinajstić information content (AvgIpc) is 2.33. The molecule has 0 aromatic heterocycles. The van der Waals surface area contributed by atoms with Crippen LogP contribution in [-0.2, 0) is 4.79 Å². The van der Waals surface area contributed by atoms with Crippen LogP contribution in [0.15, 0.2) is 18.2 Å². The second-order valence-corrected chi connectivity index (χ2v) is 3.85. The highest BCUT2D eigenvalue weighted by Gasteiger charge is 2.10. The minimum Gasteiger partial charge on any atom is -0.399 e. The molecule has 1 aromatic carbocycles. The maximum absolute atomic E-state index is 11.5. The van der Waals surface area contributed by atoms with E-state index in [1.807, 2.05) is 19.1 Å². The number of carbonyl (C=O) groups excluding carboxylic acids is 1. The van der Waals surface area contributed by atoms with Crippen LogP contribution < -0.4 is 16.0 Å². The fraction of sp³-hybridized carbons (Fsp3) is 0.462. The van der Waals surface area contributed by atoms with E-state index >= 15 is 0 Å². The fourth-order valence-electron chi connectivity index (χ4n) is 1.73. The van der Waals surface area contributed by atoms with Crippen LogP contribution in [0, 0.1) is 0 Å². The first-order chi connectivity index (χ1) is 8.12. The smallest absolute Gasteiger partial charge is 0.224 e. The first kappa shape index (κ1) is 13.4. The molecule has 0 aliphatic heterocycles. The second-order valence-electron chi connectivity index (χ2n) is 3.85. The zero-order valence-corrected chi connectivity index (χ0v) is 10.8. The number of nitrogens with two attached hydrogens (primary N) is 1. The molecule has 0 spiro atoms. The van der Waals surface area contributed by atoms with Gasteiger partial charge in [-0.25, -0.2) is 0 Å². The molecule has 1 rings (SSSR count). The Morgan fingerprint density at radius 1 is 1.29 bits per heavy atom. The molecule has 94 valence electrons. The topological polar surface area (TPSA) is 58.4 Å². The van der Waals surface area contributed by atoms with Crippen LogP contribution in [0.3, 0.4) is 0 Å². The van der Waals surface area contributed by atoms with Crippen LogP contribution in [0.2, 0.25) is 0 Å². The monoisotopic (exact) mass is 235 g/mol. The van der Waals surface area contributed by atoms with Crippen molar-refractivity contribution in [2.75, 3.05) is 29.0 Å². The van der Waals surface area contributed by atoms with Crippen LogP contribution in [0.5, 0.6) is 0 Å². The van der Waals surface area contributed by atoms with Crippen molar-refractivity contribution >= 4 is 23.0 Å². The van der Waals surface area contributed by atoms with Gasteiger partial charge in [0.15, 0.2) is 0 Å². The van der Waals surface area contributed by atoms with Crippen LogP contribution in [-0.4, -0.2) is 19.0 Å². The van der Waals surface area contributed by atoms with E-state index in [9.17, 15) is 4.79 Å². The Balaban J connectivity index is 3.06. The summed E-state index contributed by atoms with van der Waals surface area (Å²) in [5.74, 6) is 0.00371. The van der Waals surface area contributed by atoms with Crippen LogP contribution in [0.1, 0.15) is 27.2 Å². The molecular weight excluding hydrogens is 214 g/mol. The standard InChI is InChI=1S/C13H21N3O/c1-4-13(17)15-11-9-10(14)7-8-12(11)16(5-2)6-3/h7-9H,4-6,14H2,1-3H3,(H,15,17). The van der Waals surface area contributed by atoms with Gasteiger partial charge in [0.25, 0.3) is 0 Å². The maximum atomic E-state index is 11.5. The van der Waals surface area contributed by atoms with E-state index in [0.717, 1.165) is 24.5 Å².